The van der Waals surface area contributed by atoms with E-state index in [-0.39, 0.29) is 10.8 Å². The molecule has 1 aromatic heterocycles. The number of ether oxygens (including phenoxy) is 1. The van der Waals surface area contributed by atoms with Crippen molar-refractivity contribution in [3.63, 3.8) is 0 Å². The van der Waals surface area contributed by atoms with Crippen molar-refractivity contribution in [2.24, 2.45) is 0 Å². The number of phenols is 1. The molecule has 0 saturated carbocycles. The summed E-state index contributed by atoms with van der Waals surface area (Å²) < 4.78 is 6.45. The van der Waals surface area contributed by atoms with Crippen LogP contribution < -0.4 is 4.74 Å². The third-order valence-electron chi connectivity index (χ3n) is 3.14. The summed E-state index contributed by atoms with van der Waals surface area (Å²) in [7, 11) is 0. The lowest BCUT2D eigenvalue weighted by Gasteiger charge is -2.08. The highest BCUT2D eigenvalue weighted by molar-refractivity contribution is 7.20. The van der Waals surface area contributed by atoms with E-state index in [1.807, 2.05) is 31.2 Å². The summed E-state index contributed by atoms with van der Waals surface area (Å²) in [5.41, 5.74) is 1.65. The number of para-hydroxylation sites is 1. The average Bonchev–Trinajstić information content (AvgIpc) is 2.96. The molecule has 1 heterocycles. The molecule has 0 saturated heterocycles. The van der Waals surface area contributed by atoms with Crippen LogP contribution >= 0.6 is 34.5 Å². The molecule has 0 aliphatic rings. The molecule has 0 aliphatic heterocycles. The average molecular weight is 366 g/mol. The van der Waals surface area contributed by atoms with Gasteiger partial charge in [0, 0.05) is 0 Å². The third-order valence-corrected chi connectivity index (χ3v) is 4.90. The number of aromatic hydroxyl groups is 1. The molecule has 0 aliphatic carbocycles. The van der Waals surface area contributed by atoms with E-state index < -0.39 is 0 Å². The Labute approximate surface area is 147 Å². The molecule has 0 radical (unpaired) electrons. The Bertz CT molecular complexity index is 856. The lowest BCUT2D eigenvalue weighted by molar-refractivity contribution is 0.318. The molecule has 118 valence electrons. The van der Waals surface area contributed by atoms with Gasteiger partial charge in [-0.05, 0) is 42.8 Å². The van der Waals surface area contributed by atoms with Gasteiger partial charge in [0.1, 0.15) is 5.01 Å². The summed E-state index contributed by atoms with van der Waals surface area (Å²) >= 11 is 14.0. The molecule has 3 aromatic rings. The monoisotopic (exact) mass is 365 g/mol. The predicted molar refractivity (Wildman–Crippen MR) is 97.6 cm³/mol. The lowest BCUT2D eigenvalue weighted by Crippen LogP contribution is -1.92. The normalized spacial score (nSPS) is 11.9. The van der Waals surface area contributed by atoms with Crippen LogP contribution in [0, 0.1) is 0 Å². The predicted octanol–water partition coefficient (Wildman–Crippen LogP) is 5.79. The first kappa shape index (κ1) is 16.1. The van der Waals surface area contributed by atoms with Crippen molar-refractivity contribution in [2.75, 3.05) is 6.61 Å². The standard InChI is InChI=1S/C17H13Cl2NO2S/c1-2-22-14-9-10(7-11(18)16(14)21)8-12(19)17-20-13-5-3-4-6-15(13)23-17/h3-9,21H,2H2,1H3/b12-8-. The summed E-state index contributed by atoms with van der Waals surface area (Å²) in [6, 6.07) is 11.2. The Hall–Kier alpha value is -1.75. The number of phenolic OH excluding ortho intramolecular Hbond substituents is 1. The number of thiazole rings is 1. The number of nitrogens with zero attached hydrogens (tertiary/aromatic N) is 1. The van der Waals surface area contributed by atoms with Gasteiger partial charge in [-0.3, -0.25) is 0 Å². The van der Waals surface area contributed by atoms with Gasteiger partial charge in [-0.15, -0.1) is 11.3 Å². The molecule has 6 heteroatoms. The van der Waals surface area contributed by atoms with Crippen LogP contribution in [-0.2, 0) is 0 Å². The van der Waals surface area contributed by atoms with E-state index in [0.29, 0.717) is 17.4 Å². The molecular formula is C17H13Cl2NO2S. The molecule has 3 nitrogen and oxygen atoms in total. The van der Waals surface area contributed by atoms with E-state index >= 15 is 0 Å². The lowest BCUT2D eigenvalue weighted by atomic mass is 10.2. The van der Waals surface area contributed by atoms with Crippen molar-refractivity contribution >= 4 is 55.9 Å². The summed E-state index contributed by atoms with van der Waals surface area (Å²) in [6.45, 7) is 2.27. The number of halogens is 2. The first-order valence-corrected chi connectivity index (χ1v) is 8.54. The van der Waals surface area contributed by atoms with Crippen molar-refractivity contribution < 1.29 is 9.84 Å². The fraction of sp³-hybridized carbons (Fsp3) is 0.118. The fourth-order valence-electron chi connectivity index (χ4n) is 2.13. The van der Waals surface area contributed by atoms with Crippen molar-refractivity contribution in [2.45, 2.75) is 6.92 Å². The maximum absolute atomic E-state index is 9.88. The van der Waals surface area contributed by atoms with Crippen molar-refractivity contribution in [3.8, 4) is 11.5 Å². The Morgan fingerprint density at radius 2 is 2.13 bits per heavy atom. The summed E-state index contributed by atoms with van der Waals surface area (Å²) in [4.78, 5) is 4.51. The molecule has 0 amide bonds. The van der Waals surface area contributed by atoms with Gasteiger partial charge in [0.2, 0.25) is 0 Å². The second-order valence-electron chi connectivity index (χ2n) is 4.76. The molecule has 0 bridgehead atoms. The van der Waals surface area contributed by atoms with E-state index in [1.54, 1.807) is 18.2 Å². The fourth-order valence-corrected chi connectivity index (χ4v) is 3.50. The molecule has 23 heavy (non-hydrogen) atoms. The summed E-state index contributed by atoms with van der Waals surface area (Å²) in [5.74, 6) is 0.266. The molecule has 0 fully saturated rings. The minimum atomic E-state index is -0.0678. The van der Waals surface area contributed by atoms with Crippen LogP contribution in [0.1, 0.15) is 17.5 Å². The zero-order valence-electron chi connectivity index (χ0n) is 12.2. The zero-order valence-corrected chi connectivity index (χ0v) is 14.5. The minimum absolute atomic E-state index is 0.0678. The quantitative estimate of drug-likeness (QED) is 0.635. The largest absolute Gasteiger partial charge is 0.503 e. The van der Waals surface area contributed by atoms with Gasteiger partial charge in [-0.2, -0.15) is 0 Å². The molecule has 2 aromatic carbocycles. The number of hydrogen-bond acceptors (Lipinski definition) is 4. The smallest absolute Gasteiger partial charge is 0.176 e. The van der Waals surface area contributed by atoms with E-state index in [4.69, 9.17) is 27.9 Å². The first-order chi connectivity index (χ1) is 11.1. The third kappa shape index (κ3) is 3.44. The molecule has 0 spiro atoms. The topological polar surface area (TPSA) is 42.4 Å². The van der Waals surface area contributed by atoms with Gasteiger partial charge < -0.3 is 9.84 Å². The maximum Gasteiger partial charge on any atom is 0.176 e. The van der Waals surface area contributed by atoms with Gasteiger partial charge in [0.15, 0.2) is 11.5 Å². The van der Waals surface area contributed by atoms with E-state index in [9.17, 15) is 5.11 Å². The van der Waals surface area contributed by atoms with Gasteiger partial charge in [-0.25, -0.2) is 4.98 Å². The maximum atomic E-state index is 9.88. The molecular weight excluding hydrogens is 353 g/mol. The second kappa shape index (κ2) is 6.79. The number of benzene rings is 2. The number of rotatable bonds is 4. The summed E-state index contributed by atoms with van der Waals surface area (Å²) in [5, 5.41) is 11.3. The Kier molecular flexibility index (Phi) is 4.76. The van der Waals surface area contributed by atoms with Crippen molar-refractivity contribution in [3.05, 3.63) is 52.0 Å². The highest BCUT2D eigenvalue weighted by Gasteiger charge is 2.11. The Morgan fingerprint density at radius 1 is 1.35 bits per heavy atom. The number of hydrogen-bond donors (Lipinski definition) is 1. The molecule has 0 atom stereocenters. The minimum Gasteiger partial charge on any atom is -0.503 e. The van der Waals surface area contributed by atoms with E-state index in [2.05, 4.69) is 4.98 Å². The van der Waals surface area contributed by atoms with E-state index in [1.165, 1.54) is 11.3 Å². The summed E-state index contributed by atoms with van der Waals surface area (Å²) in [6.07, 6.45) is 1.76. The van der Waals surface area contributed by atoms with Gasteiger partial charge in [0.25, 0.3) is 0 Å². The van der Waals surface area contributed by atoms with Crippen molar-refractivity contribution in [1.29, 1.82) is 0 Å². The molecule has 1 N–H and O–H groups in total. The van der Waals surface area contributed by atoms with Crippen molar-refractivity contribution in [1.82, 2.24) is 4.98 Å². The van der Waals surface area contributed by atoms with Crippen LogP contribution in [0.25, 0.3) is 21.3 Å². The Balaban J connectivity index is 1.99. The first-order valence-electron chi connectivity index (χ1n) is 6.97. The van der Waals surface area contributed by atoms with Crippen LogP contribution in [0.2, 0.25) is 5.02 Å². The van der Waals surface area contributed by atoms with Gasteiger partial charge in [-0.1, -0.05) is 35.3 Å². The zero-order chi connectivity index (χ0) is 16.4. The number of aromatic nitrogens is 1. The highest BCUT2D eigenvalue weighted by atomic mass is 35.5. The van der Waals surface area contributed by atoms with Crippen LogP contribution in [0.4, 0.5) is 0 Å². The Morgan fingerprint density at radius 3 is 2.87 bits per heavy atom. The van der Waals surface area contributed by atoms with Crippen LogP contribution in [-0.4, -0.2) is 16.7 Å². The molecule has 0 unspecified atom stereocenters. The van der Waals surface area contributed by atoms with E-state index in [0.717, 1.165) is 20.8 Å². The van der Waals surface area contributed by atoms with Crippen LogP contribution in [0.15, 0.2) is 36.4 Å². The second-order valence-corrected chi connectivity index (χ2v) is 6.61. The highest BCUT2D eigenvalue weighted by Crippen LogP contribution is 2.37. The van der Waals surface area contributed by atoms with Gasteiger partial charge >= 0.3 is 0 Å². The molecule has 3 rings (SSSR count). The van der Waals surface area contributed by atoms with Gasteiger partial charge in [0.05, 0.1) is 26.9 Å². The SMILES string of the molecule is CCOc1cc(/C=C(\Cl)c2nc3ccccc3s2)cc(Cl)c1O. The van der Waals surface area contributed by atoms with Crippen LogP contribution in [0.5, 0.6) is 11.5 Å². The number of fused-ring (bicyclic) bond motifs is 1. The van der Waals surface area contributed by atoms with Crippen LogP contribution in [0.3, 0.4) is 0 Å².